The van der Waals surface area contributed by atoms with Gasteiger partial charge in [-0.05, 0) is 43.2 Å². The van der Waals surface area contributed by atoms with Crippen LogP contribution in [0.2, 0.25) is 5.02 Å². The van der Waals surface area contributed by atoms with Gasteiger partial charge in [-0.3, -0.25) is 0 Å². The summed E-state index contributed by atoms with van der Waals surface area (Å²) in [7, 11) is 0. The van der Waals surface area contributed by atoms with Crippen LogP contribution >= 0.6 is 11.6 Å². The van der Waals surface area contributed by atoms with Gasteiger partial charge in [0.1, 0.15) is 17.3 Å². The van der Waals surface area contributed by atoms with Crippen LogP contribution in [0, 0.1) is 12.7 Å². The van der Waals surface area contributed by atoms with Gasteiger partial charge in [0, 0.05) is 6.07 Å². The van der Waals surface area contributed by atoms with Crippen LogP contribution in [-0.2, 0) is 0 Å². The number of hydrogen-bond acceptors (Lipinski definition) is 2. The summed E-state index contributed by atoms with van der Waals surface area (Å²) in [5, 5.41) is 9.91. The van der Waals surface area contributed by atoms with E-state index in [-0.39, 0.29) is 5.82 Å². The molecule has 0 heterocycles. The van der Waals surface area contributed by atoms with Gasteiger partial charge >= 0.3 is 0 Å². The minimum absolute atomic E-state index is 0.354. The van der Waals surface area contributed by atoms with Crippen molar-refractivity contribution >= 4 is 11.6 Å². The van der Waals surface area contributed by atoms with Gasteiger partial charge in [-0.25, -0.2) is 4.39 Å². The molecule has 0 saturated heterocycles. The lowest BCUT2D eigenvalue weighted by molar-refractivity contribution is 0.199. The SMILES string of the molecule is Cc1ccc(F)cc1Oc1ccc(C(C)O)c(Cl)c1. The van der Waals surface area contributed by atoms with Crippen LogP contribution in [0.3, 0.4) is 0 Å². The molecule has 0 radical (unpaired) electrons. The zero-order valence-corrected chi connectivity index (χ0v) is 11.4. The molecule has 19 heavy (non-hydrogen) atoms. The van der Waals surface area contributed by atoms with Crippen molar-refractivity contribution in [1.29, 1.82) is 0 Å². The van der Waals surface area contributed by atoms with E-state index in [0.717, 1.165) is 5.56 Å². The molecule has 0 saturated carbocycles. The number of hydrogen-bond donors (Lipinski definition) is 1. The molecule has 100 valence electrons. The molecule has 0 aliphatic rings. The summed E-state index contributed by atoms with van der Waals surface area (Å²) >= 11 is 6.05. The van der Waals surface area contributed by atoms with Gasteiger partial charge in [0.05, 0.1) is 11.1 Å². The normalized spacial score (nSPS) is 12.3. The molecule has 0 amide bonds. The lowest BCUT2D eigenvalue weighted by atomic mass is 10.1. The second kappa shape index (κ2) is 5.59. The van der Waals surface area contributed by atoms with Crippen molar-refractivity contribution in [1.82, 2.24) is 0 Å². The summed E-state index contributed by atoms with van der Waals surface area (Å²) in [5.74, 6) is 0.594. The monoisotopic (exact) mass is 280 g/mol. The zero-order valence-electron chi connectivity index (χ0n) is 10.7. The summed E-state index contributed by atoms with van der Waals surface area (Å²) in [6, 6.07) is 9.34. The average molecular weight is 281 g/mol. The van der Waals surface area contributed by atoms with Gasteiger partial charge in [0.25, 0.3) is 0 Å². The minimum atomic E-state index is -0.641. The molecule has 0 spiro atoms. The molecule has 2 nitrogen and oxygen atoms in total. The maximum atomic E-state index is 13.2. The molecular formula is C15H14ClFO2. The largest absolute Gasteiger partial charge is 0.457 e. The second-order valence-corrected chi connectivity index (χ2v) is 4.78. The van der Waals surface area contributed by atoms with Gasteiger partial charge in [-0.2, -0.15) is 0 Å². The standard InChI is InChI=1S/C15H14ClFO2/c1-9-3-4-11(17)7-15(9)19-12-5-6-13(10(2)18)14(16)8-12/h3-8,10,18H,1-2H3. The summed E-state index contributed by atoms with van der Waals surface area (Å²) in [5.41, 5.74) is 1.46. The fourth-order valence-electron chi connectivity index (χ4n) is 1.72. The van der Waals surface area contributed by atoms with Crippen LogP contribution in [0.25, 0.3) is 0 Å². The van der Waals surface area contributed by atoms with Crippen LogP contribution in [0.5, 0.6) is 11.5 Å². The molecule has 0 aliphatic carbocycles. The number of ether oxygens (including phenoxy) is 1. The molecule has 0 bridgehead atoms. The van der Waals surface area contributed by atoms with Crippen molar-refractivity contribution in [3.8, 4) is 11.5 Å². The Hall–Kier alpha value is -1.58. The average Bonchev–Trinajstić information content (AvgIpc) is 2.33. The molecule has 1 N–H and O–H groups in total. The third-order valence-electron chi connectivity index (χ3n) is 2.80. The Balaban J connectivity index is 2.29. The summed E-state index contributed by atoms with van der Waals surface area (Å²) < 4.78 is 18.8. The zero-order chi connectivity index (χ0) is 14.0. The molecule has 1 unspecified atom stereocenters. The Morgan fingerprint density at radius 1 is 1.21 bits per heavy atom. The topological polar surface area (TPSA) is 29.5 Å². The first-order chi connectivity index (χ1) is 8.97. The highest BCUT2D eigenvalue weighted by Gasteiger charge is 2.09. The Morgan fingerprint density at radius 3 is 2.58 bits per heavy atom. The molecule has 0 aliphatic heterocycles. The predicted octanol–water partition coefficient (Wildman–Crippen LogP) is 4.63. The Kier molecular flexibility index (Phi) is 4.08. The minimum Gasteiger partial charge on any atom is -0.457 e. The van der Waals surface area contributed by atoms with E-state index < -0.39 is 6.10 Å². The van der Waals surface area contributed by atoms with E-state index >= 15 is 0 Å². The molecule has 4 heteroatoms. The Labute approximate surface area is 116 Å². The molecule has 2 aromatic carbocycles. The maximum Gasteiger partial charge on any atom is 0.133 e. The number of aryl methyl sites for hydroxylation is 1. The first-order valence-electron chi connectivity index (χ1n) is 5.89. The van der Waals surface area contributed by atoms with Crippen molar-refractivity contribution in [2.75, 3.05) is 0 Å². The van der Waals surface area contributed by atoms with Crippen LogP contribution in [0.15, 0.2) is 36.4 Å². The highest BCUT2D eigenvalue weighted by molar-refractivity contribution is 6.31. The van der Waals surface area contributed by atoms with E-state index in [2.05, 4.69) is 0 Å². The van der Waals surface area contributed by atoms with E-state index in [1.807, 2.05) is 6.92 Å². The van der Waals surface area contributed by atoms with Crippen molar-refractivity contribution in [3.05, 3.63) is 58.4 Å². The van der Waals surface area contributed by atoms with Crippen molar-refractivity contribution < 1.29 is 14.2 Å². The van der Waals surface area contributed by atoms with Crippen molar-refractivity contribution in [2.45, 2.75) is 20.0 Å². The smallest absolute Gasteiger partial charge is 0.133 e. The number of rotatable bonds is 3. The van der Waals surface area contributed by atoms with Gasteiger partial charge in [-0.15, -0.1) is 0 Å². The second-order valence-electron chi connectivity index (χ2n) is 4.37. The lowest BCUT2D eigenvalue weighted by Gasteiger charge is -2.12. The molecule has 1 atom stereocenters. The molecule has 2 rings (SSSR count). The first-order valence-corrected chi connectivity index (χ1v) is 6.26. The van der Waals surface area contributed by atoms with Crippen LogP contribution in [0.4, 0.5) is 4.39 Å². The van der Waals surface area contributed by atoms with Gasteiger partial charge in [0.15, 0.2) is 0 Å². The molecule has 0 aromatic heterocycles. The summed E-state index contributed by atoms with van der Waals surface area (Å²) in [4.78, 5) is 0. The number of halogens is 2. The lowest BCUT2D eigenvalue weighted by Crippen LogP contribution is -1.94. The van der Waals surface area contributed by atoms with E-state index in [1.165, 1.54) is 12.1 Å². The summed E-state index contributed by atoms with van der Waals surface area (Å²) in [6.07, 6.45) is -0.641. The van der Waals surface area contributed by atoms with Crippen molar-refractivity contribution in [2.24, 2.45) is 0 Å². The van der Waals surface area contributed by atoms with E-state index in [4.69, 9.17) is 16.3 Å². The van der Waals surface area contributed by atoms with Crippen LogP contribution < -0.4 is 4.74 Å². The van der Waals surface area contributed by atoms with Gasteiger partial charge < -0.3 is 9.84 Å². The van der Waals surface area contributed by atoms with E-state index in [9.17, 15) is 9.50 Å². The first kappa shape index (κ1) is 13.8. The quantitative estimate of drug-likeness (QED) is 0.888. The molecule has 0 fully saturated rings. The van der Waals surface area contributed by atoms with Gasteiger partial charge in [0.2, 0.25) is 0 Å². The van der Waals surface area contributed by atoms with E-state index in [1.54, 1.807) is 31.2 Å². The molecular weight excluding hydrogens is 267 g/mol. The fraction of sp³-hybridized carbons (Fsp3) is 0.200. The van der Waals surface area contributed by atoms with Gasteiger partial charge in [-0.1, -0.05) is 23.7 Å². The maximum absolute atomic E-state index is 13.2. The number of benzene rings is 2. The van der Waals surface area contributed by atoms with Crippen LogP contribution in [0.1, 0.15) is 24.2 Å². The third-order valence-corrected chi connectivity index (χ3v) is 3.13. The van der Waals surface area contributed by atoms with E-state index in [0.29, 0.717) is 22.1 Å². The van der Waals surface area contributed by atoms with Crippen molar-refractivity contribution in [3.63, 3.8) is 0 Å². The molecule has 2 aromatic rings. The predicted molar refractivity (Wildman–Crippen MR) is 73.3 cm³/mol. The van der Waals surface area contributed by atoms with Crippen LogP contribution in [-0.4, -0.2) is 5.11 Å². The Bertz CT molecular complexity index is 597. The third kappa shape index (κ3) is 3.25. The Morgan fingerprint density at radius 2 is 1.95 bits per heavy atom. The number of aliphatic hydroxyl groups excluding tert-OH is 1. The highest BCUT2D eigenvalue weighted by atomic mass is 35.5. The number of aliphatic hydroxyl groups is 1. The fourth-order valence-corrected chi connectivity index (χ4v) is 2.05. The highest BCUT2D eigenvalue weighted by Crippen LogP contribution is 2.31. The summed E-state index contributed by atoms with van der Waals surface area (Å²) in [6.45, 7) is 3.47.